The Balaban J connectivity index is 0.000000279. The van der Waals surface area contributed by atoms with Crippen LogP contribution in [0.25, 0.3) is 0 Å². The van der Waals surface area contributed by atoms with Gasteiger partial charge in [-0.2, -0.15) is 0 Å². The second-order valence-electron chi connectivity index (χ2n) is 6.84. The first-order valence-corrected chi connectivity index (χ1v) is 12.8. The largest absolute Gasteiger partial charge is 0.509 e. The predicted octanol–water partition coefficient (Wildman–Crippen LogP) is 3.47. The Morgan fingerprint density at radius 1 is 1.19 bits per heavy atom. The van der Waals surface area contributed by atoms with Crippen LogP contribution >= 0.6 is 29.7 Å². The summed E-state index contributed by atoms with van der Waals surface area (Å²) in [5.41, 5.74) is 1.05. The van der Waals surface area contributed by atoms with Gasteiger partial charge in [-0.3, -0.25) is 4.79 Å². The molecular formula is C18H24IO7P. The first-order chi connectivity index (χ1) is 12.7. The number of hydrogen-bond donors (Lipinski definition) is 0. The summed E-state index contributed by atoms with van der Waals surface area (Å²) in [4.78, 5) is 21.5. The van der Waals surface area contributed by atoms with Crippen molar-refractivity contribution in [1.29, 1.82) is 0 Å². The van der Waals surface area contributed by atoms with E-state index >= 15 is 0 Å². The molecule has 0 spiro atoms. The molecule has 2 aliphatic rings. The van der Waals surface area contributed by atoms with Gasteiger partial charge in [0.25, 0.3) is 0 Å². The molecule has 0 N–H and O–H groups in total. The van der Waals surface area contributed by atoms with E-state index in [1.54, 1.807) is 13.3 Å². The molecule has 1 aromatic rings. The summed E-state index contributed by atoms with van der Waals surface area (Å²) in [5.74, 6) is 0.0123. The number of hydrogen-bond acceptors (Lipinski definition) is 7. The minimum absolute atomic E-state index is 0.0123. The van der Waals surface area contributed by atoms with Crippen molar-refractivity contribution in [3.05, 3.63) is 35.9 Å². The molecule has 150 valence electrons. The highest BCUT2D eigenvalue weighted by molar-refractivity contribution is 14.1. The fraction of sp³-hybridized carbons (Fsp3) is 0.556. The summed E-state index contributed by atoms with van der Waals surface area (Å²) in [7, 11) is -2.07. The van der Waals surface area contributed by atoms with Gasteiger partial charge in [-0.05, 0) is 25.8 Å². The Labute approximate surface area is 172 Å². The number of fused-ring (bicyclic) bond motifs is 1. The number of carbonyl (C=O) groups is 2. The molecule has 2 fully saturated rings. The summed E-state index contributed by atoms with van der Waals surface area (Å²) in [6.45, 7) is 5.11. The van der Waals surface area contributed by atoms with E-state index in [4.69, 9.17) is 18.9 Å². The molecule has 2 aliphatic heterocycles. The van der Waals surface area contributed by atoms with Crippen LogP contribution in [0.4, 0.5) is 4.79 Å². The van der Waals surface area contributed by atoms with Gasteiger partial charge < -0.3 is 23.5 Å². The summed E-state index contributed by atoms with van der Waals surface area (Å²) in [5, 5.41) is 0. The SMILES string of the molecule is CC(=O)CP(C)(C)=O.O=C1O[C@H]2[C@H](OCc3ccccc3)O[C@H](CI)[C@H]2O1. The van der Waals surface area contributed by atoms with E-state index in [0.717, 1.165) is 9.99 Å². The van der Waals surface area contributed by atoms with Gasteiger partial charge in [0.2, 0.25) is 0 Å². The second kappa shape index (κ2) is 10.0. The topological polar surface area (TPSA) is 88.1 Å². The van der Waals surface area contributed by atoms with E-state index in [9.17, 15) is 14.2 Å². The Morgan fingerprint density at radius 3 is 2.33 bits per heavy atom. The highest BCUT2D eigenvalue weighted by Gasteiger charge is 2.54. The molecule has 0 amide bonds. The van der Waals surface area contributed by atoms with Crippen molar-refractivity contribution in [2.24, 2.45) is 0 Å². The molecule has 0 aromatic heterocycles. The molecule has 4 atom stereocenters. The fourth-order valence-corrected chi connectivity index (χ4v) is 4.54. The number of ether oxygens (including phenoxy) is 4. The fourth-order valence-electron chi connectivity index (χ4n) is 2.76. The molecule has 2 saturated heterocycles. The van der Waals surface area contributed by atoms with Crippen molar-refractivity contribution >= 4 is 41.7 Å². The Morgan fingerprint density at radius 2 is 1.81 bits per heavy atom. The lowest BCUT2D eigenvalue weighted by atomic mass is 10.1. The quantitative estimate of drug-likeness (QED) is 0.251. The smallest absolute Gasteiger partial charge is 0.424 e. The zero-order chi connectivity index (χ0) is 20.0. The lowest BCUT2D eigenvalue weighted by Gasteiger charge is -2.16. The van der Waals surface area contributed by atoms with Crippen LogP contribution in [0.2, 0.25) is 0 Å². The van der Waals surface area contributed by atoms with Crippen molar-refractivity contribution in [2.45, 2.75) is 38.1 Å². The maximum absolute atomic E-state index is 11.2. The van der Waals surface area contributed by atoms with Crippen LogP contribution in [0, 0.1) is 0 Å². The van der Waals surface area contributed by atoms with E-state index in [2.05, 4.69) is 22.6 Å². The zero-order valence-corrected chi connectivity index (χ0v) is 18.6. The van der Waals surface area contributed by atoms with Crippen LogP contribution in [0.5, 0.6) is 0 Å². The molecule has 2 heterocycles. The number of rotatable bonds is 6. The molecule has 0 radical (unpaired) electrons. The maximum atomic E-state index is 11.2. The number of benzene rings is 1. The van der Waals surface area contributed by atoms with Gasteiger partial charge in [-0.1, -0.05) is 52.9 Å². The zero-order valence-electron chi connectivity index (χ0n) is 15.5. The number of Topliss-reactive ketones (excluding diaryl/α,β-unsaturated/α-hetero) is 1. The first-order valence-electron chi connectivity index (χ1n) is 8.47. The molecular weight excluding hydrogens is 486 g/mol. The van der Waals surface area contributed by atoms with Crippen molar-refractivity contribution < 1.29 is 33.1 Å². The molecule has 1 aromatic carbocycles. The molecule has 7 nitrogen and oxygen atoms in total. The van der Waals surface area contributed by atoms with Crippen LogP contribution in [0.1, 0.15) is 12.5 Å². The Hall–Kier alpha value is -0.960. The maximum Gasteiger partial charge on any atom is 0.509 e. The highest BCUT2D eigenvalue weighted by Crippen LogP contribution is 2.35. The standard InChI is InChI=1S/C13H13IO5.C5H11O2P/c14-6-9-10-11(19-13(15)18-10)12(17-9)16-7-8-4-2-1-3-5-8;1-5(6)4-8(2,3)7/h1-5,9-12H,6-7H2;4H2,1-3H3/t9-,10-,11-,12-;/m1./s1. The number of alkyl halides is 1. The monoisotopic (exact) mass is 510 g/mol. The summed E-state index contributed by atoms with van der Waals surface area (Å²) >= 11 is 2.20. The van der Waals surface area contributed by atoms with Gasteiger partial charge in [0.1, 0.15) is 11.9 Å². The third-order valence-electron chi connectivity index (χ3n) is 3.74. The minimum Gasteiger partial charge on any atom is -0.424 e. The van der Waals surface area contributed by atoms with E-state index in [1.807, 2.05) is 30.3 Å². The first kappa shape index (κ1) is 22.3. The van der Waals surface area contributed by atoms with Gasteiger partial charge in [-0.25, -0.2) is 4.79 Å². The molecule has 3 rings (SSSR count). The van der Waals surface area contributed by atoms with Gasteiger partial charge in [0.15, 0.2) is 18.5 Å². The van der Waals surface area contributed by atoms with Gasteiger partial charge in [-0.15, -0.1) is 0 Å². The third kappa shape index (κ3) is 7.18. The van der Waals surface area contributed by atoms with Crippen LogP contribution in [-0.4, -0.2) is 60.5 Å². The molecule has 9 heteroatoms. The van der Waals surface area contributed by atoms with E-state index in [0.29, 0.717) is 6.61 Å². The van der Waals surface area contributed by atoms with Crippen molar-refractivity contribution in [2.75, 3.05) is 23.9 Å². The van der Waals surface area contributed by atoms with Crippen LogP contribution in [0.15, 0.2) is 30.3 Å². The second-order valence-corrected chi connectivity index (χ2v) is 11.2. The molecule has 0 unspecified atom stereocenters. The normalized spacial score (nSPS) is 26.4. The summed E-state index contributed by atoms with van der Waals surface area (Å²) in [6.07, 6.45) is -1.94. The van der Waals surface area contributed by atoms with E-state index in [-0.39, 0.29) is 24.2 Å². The van der Waals surface area contributed by atoms with Gasteiger partial charge >= 0.3 is 6.16 Å². The molecule has 0 bridgehead atoms. The third-order valence-corrected chi connectivity index (χ3v) is 5.82. The lowest BCUT2D eigenvalue weighted by molar-refractivity contribution is -0.169. The Bertz CT molecular complexity index is 690. The summed E-state index contributed by atoms with van der Waals surface area (Å²) in [6, 6.07) is 9.79. The molecule has 0 aliphatic carbocycles. The average molecular weight is 510 g/mol. The summed E-state index contributed by atoms with van der Waals surface area (Å²) < 4.78 is 33.1. The van der Waals surface area contributed by atoms with Gasteiger partial charge in [0, 0.05) is 4.43 Å². The van der Waals surface area contributed by atoms with Crippen molar-refractivity contribution in [3.63, 3.8) is 0 Å². The highest BCUT2D eigenvalue weighted by atomic mass is 127. The number of ketones is 1. The van der Waals surface area contributed by atoms with Crippen LogP contribution < -0.4 is 0 Å². The minimum atomic E-state index is -2.07. The van der Waals surface area contributed by atoms with E-state index < -0.39 is 25.7 Å². The number of carbonyl (C=O) groups excluding carboxylic acids is 2. The lowest BCUT2D eigenvalue weighted by Crippen LogP contribution is -2.31. The average Bonchev–Trinajstić information content (AvgIpc) is 3.09. The predicted molar refractivity (Wildman–Crippen MR) is 109 cm³/mol. The van der Waals surface area contributed by atoms with Crippen LogP contribution in [0.3, 0.4) is 0 Å². The van der Waals surface area contributed by atoms with E-state index in [1.165, 1.54) is 6.92 Å². The van der Waals surface area contributed by atoms with Crippen LogP contribution in [-0.2, 0) is 34.9 Å². The molecule has 0 saturated carbocycles. The van der Waals surface area contributed by atoms with Gasteiger partial charge in [0.05, 0.1) is 19.9 Å². The van der Waals surface area contributed by atoms with Crippen molar-refractivity contribution in [1.82, 2.24) is 0 Å². The molecule has 27 heavy (non-hydrogen) atoms. The Kier molecular flexibility index (Phi) is 8.27. The van der Waals surface area contributed by atoms with Crippen molar-refractivity contribution in [3.8, 4) is 0 Å². The number of halogens is 1.